The van der Waals surface area contributed by atoms with Crippen molar-refractivity contribution in [2.45, 2.75) is 45.9 Å². The second-order valence-corrected chi connectivity index (χ2v) is 8.53. The number of esters is 1. The monoisotopic (exact) mass is 444 g/mol. The van der Waals surface area contributed by atoms with Crippen molar-refractivity contribution in [1.82, 2.24) is 20.0 Å². The largest absolute Gasteiger partial charge is 0.491 e. The van der Waals surface area contributed by atoms with E-state index >= 15 is 0 Å². The number of piperidine rings is 1. The minimum atomic E-state index is -0.569. The molecule has 1 aromatic heterocycles. The molecule has 3 rings (SSSR count). The van der Waals surface area contributed by atoms with Gasteiger partial charge in [0.15, 0.2) is 0 Å². The first-order chi connectivity index (χ1) is 15.4. The van der Waals surface area contributed by atoms with E-state index in [1.54, 1.807) is 0 Å². The minimum Gasteiger partial charge on any atom is -0.491 e. The van der Waals surface area contributed by atoms with Crippen molar-refractivity contribution in [1.29, 1.82) is 0 Å². The van der Waals surface area contributed by atoms with Crippen LogP contribution in [0, 0.1) is 19.8 Å². The lowest BCUT2D eigenvalue weighted by Gasteiger charge is -2.31. The van der Waals surface area contributed by atoms with E-state index in [4.69, 9.17) is 9.47 Å². The van der Waals surface area contributed by atoms with Gasteiger partial charge in [0.1, 0.15) is 18.5 Å². The highest BCUT2D eigenvalue weighted by molar-refractivity contribution is 5.72. The fourth-order valence-corrected chi connectivity index (χ4v) is 4.08. The highest BCUT2D eigenvalue weighted by Gasteiger charge is 2.26. The summed E-state index contributed by atoms with van der Waals surface area (Å²) in [6.45, 7) is 8.93. The van der Waals surface area contributed by atoms with Gasteiger partial charge < -0.3 is 24.8 Å². The van der Waals surface area contributed by atoms with Crippen LogP contribution in [0.4, 0.5) is 0 Å². The number of aryl methyl sites for hydroxylation is 2. The Kier molecular flexibility index (Phi) is 9.08. The molecule has 8 heteroatoms. The van der Waals surface area contributed by atoms with Crippen molar-refractivity contribution in [3.8, 4) is 5.75 Å². The van der Waals surface area contributed by atoms with Crippen LogP contribution in [0.25, 0.3) is 0 Å². The molecule has 2 aromatic rings. The smallest absolute Gasteiger partial charge is 0.308 e. The number of ether oxygens (including phenoxy) is 2. The molecule has 1 aromatic carbocycles. The van der Waals surface area contributed by atoms with Gasteiger partial charge in [0.2, 0.25) is 0 Å². The van der Waals surface area contributed by atoms with E-state index in [9.17, 15) is 9.90 Å². The predicted octanol–water partition coefficient (Wildman–Crippen LogP) is 1.91. The first-order valence-corrected chi connectivity index (χ1v) is 11.4. The summed E-state index contributed by atoms with van der Waals surface area (Å²) in [6.07, 6.45) is 0.980. The van der Waals surface area contributed by atoms with Gasteiger partial charge in [0, 0.05) is 25.3 Å². The predicted molar refractivity (Wildman–Crippen MR) is 123 cm³/mol. The van der Waals surface area contributed by atoms with E-state index in [2.05, 4.69) is 28.3 Å². The molecule has 2 N–H and O–H groups in total. The molecule has 1 saturated heterocycles. The van der Waals surface area contributed by atoms with Crippen molar-refractivity contribution < 1.29 is 19.4 Å². The van der Waals surface area contributed by atoms with E-state index in [1.807, 2.05) is 35.9 Å². The zero-order valence-electron chi connectivity index (χ0n) is 19.4. The summed E-state index contributed by atoms with van der Waals surface area (Å²) in [6, 6.07) is 10.0. The second kappa shape index (κ2) is 12.0. The molecule has 0 bridgehead atoms. The van der Waals surface area contributed by atoms with Crippen LogP contribution < -0.4 is 10.1 Å². The average molecular weight is 445 g/mol. The summed E-state index contributed by atoms with van der Waals surface area (Å²) in [5.74, 6) is 0.603. The summed E-state index contributed by atoms with van der Waals surface area (Å²) < 4.78 is 12.6. The van der Waals surface area contributed by atoms with Crippen LogP contribution in [0.1, 0.15) is 29.8 Å². The topological polar surface area (TPSA) is 88.9 Å². The van der Waals surface area contributed by atoms with Gasteiger partial charge in [-0.2, -0.15) is 5.10 Å². The maximum Gasteiger partial charge on any atom is 0.308 e. The number of nitrogens with zero attached hydrogens (tertiary/aromatic N) is 3. The van der Waals surface area contributed by atoms with Gasteiger partial charge in [0.05, 0.1) is 25.3 Å². The van der Waals surface area contributed by atoms with Crippen LogP contribution in [0.5, 0.6) is 5.75 Å². The Hall–Kier alpha value is -2.42. The molecule has 0 radical (unpaired) electrons. The number of nitrogens with one attached hydrogen (secondary N) is 1. The Morgan fingerprint density at radius 1 is 1.25 bits per heavy atom. The average Bonchev–Trinajstić information content (AvgIpc) is 3.12. The van der Waals surface area contributed by atoms with E-state index in [-0.39, 0.29) is 18.5 Å². The molecular weight excluding hydrogens is 408 g/mol. The third kappa shape index (κ3) is 7.32. The maximum absolute atomic E-state index is 11.6. The van der Waals surface area contributed by atoms with Gasteiger partial charge in [-0.15, -0.1) is 0 Å². The highest BCUT2D eigenvalue weighted by atomic mass is 16.5. The molecule has 0 spiro atoms. The van der Waals surface area contributed by atoms with Crippen molar-refractivity contribution in [2.75, 3.05) is 39.9 Å². The number of rotatable bonds is 11. The molecule has 1 aliphatic rings. The van der Waals surface area contributed by atoms with Crippen LogP contribution >= 0.6 is 0 Å². The van der Waals surface area contributed by atoms with Crippen LogP contribution in [0.2, 0.25) is 0 Å². The van der Waals surface area contributed by atoms with Gasteiger partial charge in [-0.1, -0.05) is 12.1 Å². The van der Waals surface area contributed by atoms with Gasteiger partial charge in [-0.3, -0.25) is 9.48 Å². The molecule has 1 aliphatic heterocycles. The van der Waals surface area contributed by atoms with E-state index in [0.717, 1.165) is 57.0 Å². The fraction of sp³-hybridized carbons (Fsp3) is 0.583. The molecule has 0 unspecified atom stereocenters. The molecule has 0 saturated carbocycles. The summed E-state index contributed by atoms with van der Waals surface area (Å²) in [5, 5.41) is 18.2. The van der Waals surface area contributed by atoms with Crippen molar-refractivity contribution in [3.63, 3.8) is 0 Å². The number of methoxy groups -OCH3 is 1. The number of aliphatic hydroxyl groups is 1. The third-order valence-electron chi connectivity index (χ3n) is 5.89. The number of β-amino-alcohol motifs (C(OH)–C–C–N with tert-alkyl or cyclic N) is 1. The standard InChI is InChI=1S/C24H36N4O4/c1-18-14-19(2)28(26-18)13-10-25-15-20-4-6-23(7-5-20)32-17-22(29)16-27-11-8-21(9-12-27)24(30)31-3/h4-7,14,21-22,25,29H,8-13,15-17H2,1-3H3/t22-/m0/s1. The van der Waals surface area contributed by atoms with Crippen LogP contribution in [0.15, 0.2) is 30.3 Å². The highest BCUT2D eigenvalue weighted by Crippen LogP contribution is 2.19. The van der Waals surface area contributed by atoms with E-state index in [1.165, 1.54) is 18.4 Å². The zero-order valence-corrected chi connectivity index (χ0v) is 19.4. The Morgan fingerprint density at radius 3 is 2.59 bits per heavy atom. The lowest BCUT2D eigenvalue weighted by atomic mass is 9.97. The maximum atomic E-state index is 11.6. The number of aliphatic hydroxyl groups excluding tert-OH is 1. The van der Waals surface area contributed by atoms with E-state index < -0.39 is 6.10 Å². The number of carbonyl (C=O) groups is 1. The normalized spacial score (nSPS) is 16.1. The van der Waals surface area contributed by atoms with Gasteiger partial charge in [-0.25, -0.2) is 0 Å². The molecule has 2 heterocycles. The van der Waals surface area contributed by atoms with Gasteiger partial charge >= 0.3 is 5.97 Å². The fourth-order valence-electron chi connectivity index (χ4n) is 4.08. The Morgan fingerprint density at radius 2 is 1.97 bits per heavy atom. The molecule has 176 valence electrons. The van der Waals surface area contributed by atoms with Gasteiger partial charge in [-0.05, 0) is 63.5 Å². The summed E-state index contributed by atoms with van der Waals surface area (Å²) in [5.41, 5.74) is 3.41. The number of carbonyl (C=O) groups excluding carboxylic acids is 1. The minimum absolute atomic E-state index is 0.0171. The quantitative estimate of drug-likeness (QED) is 0.404. The first kappa shape index (κ1) is 24.2. The van der Waals surface area contributed by atoms with Gasteiger partial charge in [0.25, 0.3) is 0 Å². The van der Waals surface area contributed by atoms with Crippen molar-refractivity contribution >= 4 is 5.97 Å². The molecule has 8 nitrogen and oxygen atoms in total. The molecule has 0 aliphatic carbocycles. The lowest BCUT2D eigenvalue weighted by molar-refractivity contribution is -0.147. The second-order valence-electron chi connectivity index (χ2n) is 8.53. The number of hydrogen-bond donors (Lipinski definition) is 2. The SMILES string of the molecule is COC(=O)C1CCN(C[C@H](O)COc2ccc(CNCCn3nc(C)cc3C)cc2)CC1. The zero-order chi connectivity index (χ0) is 22.9. The Balaban J connectivity index is 1.31. The number of benzene rings is 1. The Labute approximate surface area is 190 Å². The number of likely N-dealkylation sites (tertiary alicyclic amines) is 1. The van der Waals surface area contributed by atoms with Crippen molar-refractivity contribution in [3.05, 3.63) is 47.3 Å². The van der Waals surface area contributed by atoms with Crippen LogP contribution in [0.3, 0.4) is 0 Å². The van der Waals surface area contributed by atoms with Crippen LogP contribution in [-0.4, -0.2) is 71.8 Å². The molecule has 0 amide bonds. The van der Waals surface area contributed by atoms with E-state index in [0.29, 0.717) is 6.54 Å². The number of aromatic nitrogens is 2. The summed E-state index contributed by atoms with van der Waals surface area (Å²) >= 11 is 0. The third-order valence-corrected chi connectivity index (χ3v) is 5.89. The first-order valence-electron chi connectivity index (χ1n) is 11.4. The molecule has 32 heavy (non-hydrogen) atoms. The number of hydrogen-bond acceptors (Lipinski definition) is 7. The molecule has 1 fully saturated rings. The Bertz CT molecular complexity index is 844. The van der Waals surface area contributed by atoms with Crippen molar-refractivity contribution in [2.24, 2.45) is 5.92 Å². The molecule has 1 atom stereocenters. The van der Waals surface area contributed by atoms with Crippen LogP contribution in [-0.2, 0) is 22.6 Å². The summed E-state index contributed by atoms with van der Waals surface area (Å²) in [4.78, 5) is 13.8. The molecular formula is C24H36N4O4. The summed E-state index contributed by atoms with van der Waals surface area (Å²) in [7, 11) is 1.43. The lowest BCUT2D eigenvalue weighted by Crippen LogP contribution is -2.42.